The number of benzene rings is 1. The number of thiocarbonyl (C=S) groups is 1. The van der Waals surface area contributed by atoms with Gasteiger partial charge in [-0.15, -0.1) is 0 Å². The summed E-state index contributed by atoms with van der Waals surface area (Å²) < 4.78 is 1.28. The number of phenols is 1. The van der Waals surface area contributed by atoms with Crippen LogP contribution in [0.3, 0.4) is 0 Å². The van der Waals surface area contributed by atoms with Gasteiger partial charge in [-0.05, 0) is 81.2 Å². The van der Waals surface area contributed by atoms with Crippen molar-refractivity contribution in [1.29, 1.82) is 0 Å². The first-order chi connectivity index (χ1) is 8.88. The normalized spacial score (nSPS) is 15.1. The van der Waals surface area contributed by atoms with Crippen molar-refractivity contribution in [3.05, 3.63) is 30.4 Å². The van der Waals surface area contributed by atoms with Gasteiger partial charge >= 0.3 is 0 Å². The van der Waals surface area contributed by atoms with Crippen LogP contribution in [-0.4, -0.2) is 22.0 Å². The van der Waals surface area contributed by atoms with Crippen molar-refractivity contribution >= 4 is 80.4 Å². The lowest BCUT2D eigenvalue weighted by Gasteiger charge is -2.16. The minimum Gasteiger partial charge on any atom is -0.506 e. The van der Waals surface area contributed by atoms with Crippen molar-refractivity contribution in [2.45, 2.75) is 0 Å². The van der Waals surface area contributed by atoms with Crippen LogP contribution in [0.1, 0.15) is 5.56 Å². The monoisotopic (exact) mass is 500 g/mol. The maximum atomic E-state index is 11.7. The minimum atomic E-state index is -0.535. The highest BCUT2D eigenvalue weighted by molar-refractivity contribution is 14.1. The molecule has 2 amide bonds. The molecule has 0 unspecified atom stereocenters. The lowest BCUT2D eigenvalue weighted by Crippen LogP contribution is -2.51. The van der Waals surface area contributed by atoms with E-state index in [1.54, 1.807) is 12.1 Å². The van der Waals surface area contributed by atoms with E-state index in [0.717, 1.165) is 0 Å². The number of rotatable bonds is 1. The summed E-state index contributed by atoms with van der Waals surface area (Å²) in [5, 5.41) is 14.4. The van der Waals surface area contributed by atoms with E-state index >= 15 is 0 Å². The highest BCUT2D eigenvalue weighted by atomic mass is 127. The van der Waals surface area contributed by atoms with Crippen molar-refractivity contribution < 1.29 is 14.7 Å². The summed E-state index contributed by atoms with van der Waals surface area (Å²) in [7, 11) is 0. The first kappa shape index (κ1) is 14.7. The summed E-state index contributed by atoms with van der Waals surface area (Å²) >= 11 is 8.66. The second kappa shape index (κ2) is 5.71. The number of nitrogens with one attached hydrogen (secondary N) is 2. The number of hydrogen-bond donors (Lipinski definition) is 3. The zero-order chi connectivity index (χ0) is 14.2. The third kappa shape index (κ3) is 3.23. The zero-order valence-corrected chi connectivity index (χ0v) is 14.3. The Labute approximate surface area is 141 Å². The van der Waals surface area contributed by atoms with Crippen LogP contribution in [0.2, 0.25) is 0 Å². The Hall–Kier alpha value is -0.750. The van der Waals surface area contributed by atoms with Crippen LogP contribution in [0, 0.1) is 7.14 Å². The second-order valence-corrected chi connectivity index (χ2v) is 6.36. The molecule has 0 aromatic heterocycles. The summed E-state index contributed by atoms with van der Waals surface area (Å²) in [6.07, 6.45) is 1.45. The molecule has 1 heterocycles. The molecule has 0 aliphatic carbocycles. The van der Waals surface area contributed by atoms with E-state index in [1.807, 2.05) is 45.2 Å². The molecule has 1 aromatic rings. The largest absolute Gasteiger partial charge is 0.506 e. The highest BCUT2D eigenvalue weighted by Gasteiger charge is 2.25. The zero-order valence-electron chi connectivity index (χ0n) is 9.16. The molecule has 1 fully saturated rings. The van der Waals surface area contributed by atoms with Gasteiger partial charge in [-0.3, -0.25) is 20.2 Å². The van der Waals surface area contributed by atoms with Gasteiger partial charge in [-0.2, -0.15) is 0 Å². The van der Waals surface area contributed by atoms with E-state index < -0.39 is 11.8 Å². The molecule has 1 saturated heterocycles. The van der Waals surface area contributed by atoms with Gasteiger partial charge in [0.2, 0.25) is 0 Å². The van der Waals surface area contributed by atoms with E-state index in [1.165, 1.54) is 6.08 Å². The fourth-order valence-electron chi connectivity index (χ4n) is 1.44. The van der Waals surface area contributed by atoms with Crippen LogP contribution in [0.4, 0.5) is 0 Å². The first-order valence-corrected chi connectivity index (χ1v) is 7.51. The number of carbonyl (C=O) groups excluding carboxylic acids is 2. The number of carbonyl (C=O) groups is 2. The van der Waals surface area contributed by atoms with Crippen molar-refractivity contribution in [3.8, 4) is 5.75 Å². The lowest BCUT2D eigenvalue weighted by atomic mass is 10.1. The number of phenolic OH excluding ortho intramolecular Hbond substituents is 1. The Morgan fingerprint density at radius 2 is 1.58 bits per heavy atom. The number of aromatic hydroxyl groups is 1. The molecular weight excluding hydrogens is 494 g/mol. The Bertz CT molecular complexity index is 598. The van der Waals surface area contributed by atoms with Gasteiger partial charge in [-0.1, -0.05) is 0 Å². The molecule has 0 atom stereocenters. The van der Waals surface area contributed by atoms with Crippen LogP contribution in [-0.2, 0) is 9.59 Å². The number of amides is 2. The van der Waals surface area contributed by atoms with E-state index in [-0.39, 0.29) is 16.4 Å². The summed E-state index contributed by atoms with van der Waals surface area (Å²) in [5.41, 5.74) is 0.630. The number of halogens is 2. The topological polar surface area (TPSA) is 78.4 Å². The molecule has 8 heteroatoms. The molecule has 3 N–H and O–H groups in total. The fraction of sp³-hybridized carbons (Fsp3) is 0. The van der Waals surface area contributed by atoms with Gasteiger partial charge in [0.25, 0.3) is 11.8 Å². The molecule has 0 radical (unpaired) electrons. The van der Waals surface area contributed by atoms with E-state index in [4.69, 9.17) is 12.2 Å². The van der Waals surface area contributed by atoms with E-state index in [0.29, 0.717) is 12.7 Å². The summed E-state index contributed by atoms with van der Waals surface area (Å²) in [6.45, 7) is 0. The molecule has 0 saturated carbocycles. The summed E-state index contributed by atoms with van der Waals surface area (Å²) in [5.74, 6) is -0.888. The molecule has 1 aliphatic rings. The van der Waals surface area contributed by atoms with Gasteiger partial charge in [0.1, 0.15) is 11.3 Å². The van der Waals surface area contributed by atoms with Crippen molar-refractivity contribution in [1.82, 2.24) is 10.6 Å². The van der Waals surface area contributed by atoms with Crippen molar-refractivity contribution in [3.63, 3.8) is 0 Å². The van der Waals surface area contributed by atoms with Crippen LogP contribution in [0.15, 0.2) is 17.7 Å². The van der Waals surface area contributed by atoms with Gasteiger partial charge in [0, 0.05) is 0 Å². The predicted molar refractivity (Wildman–Crippen MR) is 90.4 cm³/mol. The maximum absolute atomic E-state index is 11.7. The predicted octanol–water partition coefficient (Wildman–Crippen LogP) is 1.52. The number of hydrogen-bond acceptors (Lipinski definition) is 4. The molecule has 0 spiro atoms. The molecule has 1 aliphatic heterocycles. The standard InChI is InChI=1S/C11H6I2N2O3S/c12-6-2-4(3-7(13)8(6)16)1-5-9(17)14-11(19)15-10(5)18/h1-3,16H,(H2,14,15,17,18,19). The SMILES string of the molecule is O=C1NC(=S)NC(=O)C1=Cc1cc(I)c(O)c(I)c1. The Morgan fingerprint density at radius 3 is 2.05 bits per heavy atom. The second-order valence-electron chi connectivity index (χ2n) is 3.63. The van der Waals surface area contributed by atoms with Gasteiger partial charge in [-0.25, -0.2) is 0 Å². The third-order valence-electron chi connectivity index (χ3n) is 2.29. The molecular formula is C11H6I2N2O3S. The molecule has 5 nitrogen and oxygen atoms in total. The van der Waals surface area contributed by atoms with E-state index in [9.17, 15) is 14.7 Å². The smallest absolute Gasteiger partial charge is 0.263 e. The van der Waals surface area contributed by atoms with Crippen molar-refractivity contribution in [2.75, 3.05) is 0 Å². The molecule has 2 rings (SSSR count). The third-order valence-corrected chi connectivity index (χ3v) is 4.14. The lowest BCUT2D eigenvalue weighted by molar-refractivity contribution is -0.123. The van der Waals surface area contributed by atoms with Gasteiger partial charge < -0.3 is 5.11 Å². The summed E-state index contributed by atoms with van der Waals surface area (Å²) in [4.78, 5) is 23.4. The molecule has 19 heavy (non-hydrogen) atoms. The first-order valence-electron chi connectivity index (χ1n) is 4.95. The fourth-order valence-corrected chi connectivity index (χ4v) is 3.44. The van der Waals surface area contributed by atoms with Crippen LogP contribution in [0.5, 0.6) is 5.75 Å². The maximum Gasteiger partial charge on any atom is 0.263 e. The van der Waals surface area contributed by atoms with Crippen molar-refractivity contribution in [2.24, 2.45) is 0 Å². The summed E-state index contributed by atoms with van der Waals surface area (Å²) in [6, 6.07) is 3.36. The highest BCUT2D eigenvalue weighted by Crippen LogP contribution is 2.28. The minimum absolute atomic E-state index is 0.00187. The van der Waals surface area contributed by atoms with Gasteiger partial charge in [0.15, 0.2) is 5.11 Å². The Morgan fingerprint density at radius 1 is 1.11 bits per heavy atom. The molecule has 1 aromatic carbocycles. The van der Waals surface area contributed by atoms with Crippen LogP contribution < -0.4 is 10.6 Å². The average Bonchev–Trinajstić information content (AvgIpc) is 2.30. The van der Waals surface area contributed by atoms with Crippen LogP contribution >= 0.6 is 57.4 Å². The average molecular weight is 500 g/mol. The molecule has 0 bridgehead atoms. The quantitative estimate of drug-likeness (QED) is 0.237. The Balaban J connectivity index is 2.43. The Kier molecular flexibility index (Phi) is 4.40. The van der Waals surface area contributed by atoms with E-state index in [2.05, 4.69) is 10.6 Å². The molecule has 98 valence electrons. The van der Waals surface area contributed by atoms with Gasteiger partial charge in [0.05, 0.1) is 7.14 Å². The van der Waals surface area contributed by atoms with Crippen LogP contribution in [0.25, 0.3) is 6.08 Å².